The first-order valence-corrected chi connectivity index (χ1v) is 6.53. The number of nitrogens with one attached hydrogen (secondary N) is 1. The molecule has 2 fully saturated rings. The fourth-order valence-electron chi connectivity index (χ4n) is 3.55. The van der Waals surface area contributed by atoms with Crippen LogP contribution in [0, 0.1) is 5.92 Å². The molecule has 3 rings (SSSR count). The third-order valence-electron chi connectivity index (χ3n) is 4.62. The number of nitrogens with zero attached hydrogens (tertiary/aromatic N) is 1. The summed E-state index contributed by atoms with van der Waals surface area (Å²) in [5.41, 5.74) is 2.05. The van der Waals surface area contributed by atoms with Crippen LogP contribution in [0.5, 0.6) is 0 Å². The molecule has 0 unspecified atom stereocenters. The first-order valence-electron chi connectivity index (χ1n) is 6.53. The molecule has 0 radical (unpaired) electrons. The molecule has 1 saturated carbocycles. The van der Waals surface area contributed by atoms with E-state index in [0.29, 0.717) is 5.41 Å². The number of pyridine rings is 1. The summed E-state index contributed by atoms with van der Waals surface area (Å²) in [4.78, 5) is 4.15. The van der Waals surface area contributed by atoms with Gasteiger partial charge in [-0.25, -0.2) is 0 Å². The second-order valence-corrected chi connectivity index (χ2v) is 5.27. The molecule has 2 nitrogen and oxygen atoms in total. The minimum absolute atomic E-state index is 0.505. The van der Waals surface area contributed by atoms with E-state index in [4.69, 9.17) is 0 Å². The zero-order valence-corrected chi connectivity index (χ0v) is 9.78. The molecule has 0 aromatic carbocycles. The summed E-state index contributed by atoms with van der Waals surface area (Å²) in [5, 5.41) is 3.47. The third-order valence-corrected chi connectivity index (χ3v) is 4.62. The van der Waals surface area contributed by atoms with Crippen LogP contribution in [0.1, 0.15) is 37.7 Å². The summed E-state index contributed by atoms with van der Waals surface area (Å²) in [6.45, 7) is 2.41. The lowest BCUT2D eigenvalue weighted by Gasteiger charge is -2.50. The predicted molar refractivity (Wildman–Crippen MR) is 65.4 cm³/mol. The van der Waals surface area contributed by atoms with Gasteiger partial charge in [-0.3, -0.25) is 4.98 Å². The van der Waals surface area contributed by atoms with Crippen molar-refractivity contribution < 1.29 is 0 Å². The summed E-state index contributed by atoms with van der Waals surface area (Å²) >= 11 is 0. The van der Waals surface area contributed by atoms with E-state index in [1.54, 1.807) is 5.56 Å². The van der Waals surface area contributed by atoms with E-state index in [2.05, 4.69) is 22.4 Å². The number of hydrogen-bond donors (Lipinski definition) is 1. The van der Waals surface area contributed by atoms with Crippen molar-refractivity contribution in [1.29, 1.82) is 0 Å². The summed E-state index contributed by atoms with van der Waals surface area (Å²) in [6, 6.07) is 4.47. The van der Waals surface area contributed by atoms with Crippen LogP contribution in [-0.2, 0) is 5.41 Å². The highest BCUT2D eigenvalue weighted by Gasteiger charge is 2.45. The predicted octanol–water partition coefficient (Wildman–Crippen LogP) is 2.50. The standard InChI is InChI=1S/C14H20N2/c1-6-14(7-1,12-2-8-15-9-3-12)13-4-10-16-11-5-13/h2-3,8-9,13,16H,1,4-7,10-11H2. The quantitative estimate of drug-likeness (QED) is 0.821. The van der Waals surface area contributed by atoms with Crippen LogP contribution in [-0.4, -0.2) is 18.1 Å². The van der Waals surface area contributed by atoms with Crippen molar-refractivity contribution in [2.75, 3.05) is 13.1 Å². The van der Waals surface area contributed by atoms with Crippen molar-refractivity contribution >= 4 is 0 Å². The molecule has 1 aliphatic heterocycles. The third kappa shape index (κ3) is 1.56. The fraction of sp³-hybridized carbons (Fsp3) is 0.643. The summed E-state index contributed by atoms with van der Waals surface area (Å²) in [6.07, 6.45) is 10.8. The molecular formula is C14H20N2. The van der Waals surface area contributed by atoms with Gasteiger partial charge in [-0.2, -0.15) is 0 Å². The highest BCUT2D eigenvalue weighted by atomic mass is 14.9. The van der Waals surface area contributed by atoms with E-state index in [9.17, 15) is 0 Å². The molecule has 2 heterocycles. The van der Waals surface area contributed by atoms with Crippen molar-refractivity contribution in [1.82, 2.24) is 10.3 Å². The number of aromatic nitrogens is 1. The van der Waals surface area contributed by atoms with Crippen molar-refractivity contribution in [3.8, 4) is 0 Å². The largest absolute Gasteiger partial charge is 0.317 e. The molecular weight excluding hydrogens is 196 g/mol. The van der Waals surface area contributed by atoms with Gasteiger partial charge >= 0.3 is 0 Å². The molecule has 1 aromatic heterocycles. The molecule has 0 atom stereocenters. The van der Waals surface area contributed by atoms with Crippen LogP contribution in [0.4, 0.5) is 0 Å². The van der Waals surface area contributed by atoms with Crippen molar-refractivity contribution in [3.63, 3.8) is 0 Å². The first kappa shape index (κ1) is 10.3. The lowest BCUT2D eigenvalue weighted by molar-refractivity contribution is 0.116. The molecule has 0 bridgehead atoms. The zero-order valence-electron chi connectivity index (χ0n) is 9.78. The Labute approximate surface area is 97.5 Å². The van der Waals surface area contributed by atoms with Crippen LogP contribution >= 0.6 is 0 Å². The van der Waals surface area contributed by atoms with Gasteiger partial charge in [-0.15, -0.1) is 0 Å². The molecule has 2 heteroatoms. The molecule has 1 aromatic rings. The Hall–Kier alpha value is -0.890. The monoisotopic (exact) mass is 216 g/mol. The van der Waals surface area contributed by atoms with Crippen LogP contribution in [0.3, 0.4) is 0 Å². The van der Waals surface area contributed by atoms with Crippen molar-refractivity contribution in [3.05, 3.63) is 30.1 Å². The molecule has 1 saturated heterocycles. The smallest absolute Gasteiger partial charge is 0.0270 e. The van der Waals surface area contributed by atoms with E-state index >= 15 is 0 Å². The highest BCUT2D eigenvalue weighted by Crippen LogP contribution is 2.51. The Kier molecular flexibility index (Phi) is 2.68. The second-order valence-electron chi connectivity index (χ2n) is 5.27. The minimum Gasteiger partial charge on any atom is -0.317 e. The maximum absolute atomic E-state index is 4.15. The summed E-state index contributed by atoms with van der Waals surface area (Å²) in [7, 11) is 0. The summed E-state index contributed by atoms with van der Waals surface area (Å²) in [5.74, 6) is 0.893. The SMILES string of the molecule is c1cc(C2(C3CCNCC3)CCC2)ccn1. The normalized spacial score (nSPS) is 25.0. The molecule has 16 heavy (non-hydrogen) atoms. The van der Waals surface area contributed by atoms with Gasteiger partial charge in [0, 0.05) is 12.4 Å². The Balaban J connectivity index is 1.87. The molecule has 2 aliphatic rings. The number of hydrogen-bond acceptors (Lipinski definition) is 2. The van der Waals surface area contributed by atoms with Gasteiger partial charge in [-0.1, -0.05) is 6.42 Å². The Morgan fingerprint density at radius 2 is 1.81 bits per heavy atom. The van der Waals surface area contributed by atoms with Gasteiger partial charge in [-0.05, 0) is 67.8 Å². The van der Waals surface area contributed by atoms with Gasteiger partial charge in [0.25, 0.3) is 0 Å². The average Bonchev–Trinajstić information content (AvgIpc) is 2.31. The fourth-order valence-corrected chi connectivity index (χ4v) is 3.55. The Morgan fingerprint density at radius 3 is 2.38 bits per heavy atom. The van der Waals surface area contributed by atoms with Crippen molar-refractivity contribution in [2.45, 2.75) is 37.5 Å². The molecule has 0 spiro atoms. The number of rotatable bonds is 2. The maximum Gasteiger partial charge on any atom is 0.0270 e. The van der Waals surface area contributed by atoms with Gasteiger partial charge in [0.1, 0.15) is 0 Å². The van der Waals surface area contributed by atoms with Crippen LogP contribution in [0.2, 0.25) is 0 Å². The van der Waals surface area contributed by atoms with E-state index in [-0.39, 0.29) is 0 Å². The Morgan fingerprint density at radius 1 is 1.12 bits per heavy atom. The lowest BCUT2D eigenvalue weighted by atomic mass is 9.56. The van der Waals surface area contributed by atoms with Crippen LogP contribution in [0.25, 0.3) is 0 Å². The van der Waals surface area contributed by atoms with Crippen molar-refractivity contribution in [2.24, 2.45) is 5.92 Å². The Bertz CT molecular complexity index is 337. The molecule has 1 N–H and O–H groups in total. The van der Waals surface area contributed by atoms with E-state index in [0.717, 1.165) is 5.92 Å². The van der Waals surface area contributed by atoms with E-state index in [1.807, 2.05) is 12.4 Å². The van der Waals surface area contributed by atoms with Gasteiger partial charge in [0.15, 0.2) is 0 Å². The van der Waals surface area contributed by atoms with E-state index < -0.39 is 0 Å². The zero-order chi connectivity index (χ0) is 10.8. The topological polar surface area (TPSA) is 24.9 Å². The second kappa shape index (κ2) is 4.17. The van der Waals surface area contributed by atoms with Crippen LogP contribution < -0.4 is 5.32 Å². The molecule has 86 valence electrons. The van der Waals surface area contributed by atoms with Gasteiger partial charge in [0.05, 0.1) is 0 Å². The lowest BCUT2D eigenvalue weighted by Crippen LogP contribution is -2.46. The van der Waals surface area contributed by atoms with E-state index in [1.165, 1.54) is 45.2 Å². The minimum atomic E-state index is 0.505. The average molecular weight is 216 g/mol. The van der Waals surface area contributed by atoms with Crippen LogP contribution in [0.15, 0.2) is 24.5 Å². The first-order chi connectivity index (χ1) is 7.92. The number of piperidine rings is 1. The van der Waals surface area contributed by atoms with Gasteiger partial charge < -0.3 is 5.32 Å². The maximum atomic E-state index is 4.15. The van der Waals surface area contributed by atoms with Gasteiger partial charge in [0.2, 0.25) is 0 Å². The summed E-state index contributed by atoms with van der Waals surface area (Å²) < 4.78 is 0. The highest BCUT2D eigenvalue weighted by molar-refractivity contribution is 5.27. The molecule has 0 amide bonds. The molecule has 1 aliphatic carbocycles.